The van der Waals surface area contributed by atoms with Crippen molar-refractivity contribution >= 4 is 29.1 Å². The van der Waals surface area contributed by atoms with Gasteiger partial charge in [-0.15, -0.1) is 0 Å². The molecule has 1 aromatic carbocycles. The number of rotatable bonds is 5. The maximum absolute atomic E-state index is 12.4. The smallest absolute Gasteiger partial charge is 0.274 e. The minimum Gasteiger partial charge on any atom is -0.346 e. The van der Waals surface area contributed by atoms with Crippen LogP contribution in [-0.4, -0.2) is 33.9 Å². The molecule has 0 radical (unpaired) electrons. The number of nitro benzene ring substituents is 1. The van der Waals surface area contributed by atoms with Crippen molar-refractivity contribution in [3.8, 4) is 0 Å². The highest BCUT2D eigenvalue weighted by molar-refractivity contribution is 6.33. The molecule has 0 aliphatic carbocycles. The minimum atomic E-state index is -0.494. The molecule has 0 spiro atoms. The summed E-state index contributed by atoms with van der Waals surface area (Å²) in [6.45, 7) is 1.70. The second-order valence-corrected chi connectivity index (χ2v) is 6.04. The van der Waals surface area contributed by atoms with E-state index in [4.69, 9.17) is 11.6 Å². The Labute approximate surface area is 149 Å². The highest BCUT2D eigenvalue weighted by Gasteiger charge is 2.20. The van der Waals surface area contributed by atoms with Crippen molar-refractivity contribution in [1.82, 2.24) is 15.3 Å². The zero-order valence-electron chi connectivity index (χ0n) is 13.3. The normalized spacial score (nSPS) is 13.7. The predicted octanol–water partition coefficient (Wildman–Crippen LogP) is 2.57. The number of aromatic nitrogens is 2. The Morgan fingerprint density at radius 3 is 2.76 bits per heavy atom. The average Bonchev–Trinajstić information content (AvgIpc) is 3.15. The zero-order chi connectivity index (χ0) is 17.8. The van der Waals surface area contributed by atoms with Gasteiger partial charge in [-0.2, -0.15) is 0 Å². The molecule has 0 saturated carbocycles. The Morgan fingerprint density at radius 2 is 2.04 bits per heavy atom. The van der Waals surface area contributed by atoms with Crippen molar-refractivity contribution in [3.63, 3.8) is 0 Å². The molecular formula is C16H16ClN5O3. The van der Waals surface area contributed by atoms with Gasteiger partial charge in [0.1, 0.15) is 0 Å². The molecule has 130 valence electrons. The van der Waals surface area contributed by atoms with Gasteiger partial charge < -0.3 is 10.2 Å². The summed E-state index contributed by atoms with van der Waals surface area (Å²) in [6.07, 6.45) is 3.53. The molecule has 1 aliphatic rings. The third kappa shape index (κ3) is 3.85. The van der Waals surface area contributed by atoms with E-state index >= 15 is 0 Å². The lowest BCUT2D eigenvalue weighted by Crippen LogP contribution is -2.27. The summed E-state index contributed by atoms with van der Waals surface area (Å²) in [5, 5.41) is 13.8. The summed E-state index contributed by atoms with van der Waals surface area (Å²) in [6, 6.07) is 6.24. The third-order valence-corrected chi connectivity index (χ3v) is 4.24. The van der Waals surface area contributed by atoms with Crippen molar-refractivity contribution in [2.24, 2.45) is 0 Å². The number of amides is 1. The quantitative estimate of drug-likeness (QED) is 0.648. The van der Waals surface area contributed by atoms with Gasteiger partial charge in [-0.1, -0.05) is 29.8 Å². The van der Waals surface area contributed by atoms with E-state index in [1.807, 2.05) is 4.90 Å². The Balaban J connectivity index is 1.75. The molecule has 0 unspecified atom stereocenters. The van der Waals surface area contributed by atoms with Gasteiger partial charge in [0.2, 0.25) is 5.95 Å². The first-order valence-electron chi connectivity index (χ1n) is 7.84. The van der Waals surface area contributed by atoms with Crippen LogP contribution in [0.2, 0.25) is 5.02 Å². The van der Waals surface area contributed by atoms with Crippen molar-refractivity contribution in [3.05, 3.63) is 56.9 Å². The number of halogens is 1. The molecule has 1 amide bonds. The number of anilines is 1. The van der Waals surface area contributed by atoms with E-state index in [0.717, 1.165) is 25.9 Å². The molecule has 1 aliphatic heterocycles. The lowest BCUT2D eigenvalue weighted by atomic mass is 10.2. The fraction of sp³-hybridized carbons (Fsp3) is 0.312. The highest BCUT2D eigenvalue weighted by atomic mass is 35.5. The van der Waals surface area contributed by atoms with Crippen LogP contribution in [0.4, 0.5) is 11.6 Å². The maximum Gasteiger partial charge on any atom is 0.274 e. The second kappa shape index (κ2) is 7.43. The van der Waals surface area contributed by atoms with Crippen LogP contribution < -0.4 is 10.2 Å². The van der Waals surface area contributed by atoms with E-state index in [0.29, 0.717) is 11.5 Å². The number of para-hydroxylation sites is 1. The Bertz CT molecular complexity index is 808. The van der Waals surface area contributed by atoms with Crippen LogP contribution in [0.25, 0.3) is 0 Å². The molecule has 1 saturated heterocycles. The largest absolute Gasteiger partial charge is 0.346 e. The van der Waals surface area contributed by atoms with E-state index < -0.39 is 10.8 Å². The molecule has 3 rings (SSSR count). The van der Waals surface area contributed by atoms with E-state index in [1.54, 1.807) is 18.2 Å². The lowest BCUT2D eigenvalue weighted by molar-refractivity contribution is -0.385. The third-order valence-electron chi connectivity index (χ3n) is 3.96. The van der Waals surface area contributed by atoms with Crippen molar-refractivity contribution in [2.45, 2.75) is 19.4 Å². The number of carbonyl (C=O) groups is 1. The Hall–Kier alpha value is -2.74. The Kier molecular flexibility index (Phi) is 5.08. The number of nitrogens with one attached hydrogen (secondary N) is 1. The van der Waals surface area contributed by atoms with Gasteiger partial charge in [-0.25, -0.2) is 9.97 Å². The van der Waals surface area contributed by atoms with Crippen LogP contribution >= 0.6 is 11.6 Å². The van der Waals surface area contributed by atoms with Crippen molar-refractivity contribution < 1.29 is 9.72 Å². The summed E-state index contributed by atoms with van der Waals surface area (Å²) < 4.78 is 0. The Morgan fingerprint density at radius 1 is 1.32 bits per heavy atom. The first-order valence-corrected chi connectivity index (χ1v) is 8.22. The second-order valence-electron chi connectivity index (χ2n) is 5.63. The van der Waals surface area contributed by atoms with Gasteiger partial charge in [0.05, 0.1) is 16.1 Å². The summed E-state index contributed by atoms with van der Waals surface area (Å²) in [7, 11) is 0. The zero-order valence-corrected chi connectivity index (χ0v) is 14.1. The monoisotopic (exact) mass is 361 g/mol. The van der Waals surface area contributed by atoms with Crippen LogP contribution in [0, 0.1) is 10.1 Å². The van der Waals surface area contributed by atoms with Gasteiger partial charge in [-0.3, -0.25) is 14.9 Å². The standard InChI is InChI=1S/C16H16ClN5O3/c17-12-10-19-16(21-7-3-4-8-21)20-14(12)15(23)18-9-11-5-1-2-6-13(11)22(24)25/h1-2,5-6,10H,3-4,7-9H2,(H,18,23). The number of hydrogen-bond donors (Lipinski definition) is 1. The SMILES string of the molecule is O=C(NCc1ccccc1[N+](=O)[O-])c1nc(N2CCCC2)ncc1Cl. The highest BCUT2D eigenvalue weighted by Crippen LogP contribution is 2.21. The van der Waals surface area contributed by atoms with Gasteiger partial charge >= 0.3 is 0 Å². The molecule has 0 bridgehead atoms. The van der Waals surface area contributed by atoms with Crippen LogP contribution in [0.15, 0.2) is 30.5 Å². The van der Waals surface area contributed by atoms with Crippen LogP contribution in [0.5, 0.6) is 0 Å². The molecule has 2 aromatic rings. The number of hydrogen-bond acceptors (Lipinski definition) is 6. The van der Waals surface area contributed by atoms with E-state index in [2.05, 4.69) is 15.3 Å². The van der Waals surface area contributed by atoms with Crippen molar-refractivity contribution in [2.75, 3.05) is 18.0 Å². The number of benzene rings is 1. The topological polar surface area (TPSA) is 101 Å². The molecule has 1 fully saturated rings. The van der Waals surface area contributed by atoms with Gasteiger partial charge in [0.15, 0.2) is 5.69 Å². The fourth-order valence-electron chi connectivity index (χ4n) is 2.68. The van der Waals surface area contributed by atoms with Gasteiger partial charge in [0, 0.05) is 31.3 Å². The predicted molar refractivity (Wildman–Crippen MR) is 92.8 cm³/mol. The van der Waals surface area contributed by atoms with Crippen molar-refractivity contribution in [1.29, 1.82) is 0 Å². The van der Waals surface area contributed by atoms with Crippen LogP contribution in [0.3, 0.4) is 0 Å². The average molecular weight is 362 g/mol. The molecule has 8 nitrogen and oxygen atoms in total. The van der Waals surface area contributed by atoms with Gasteiger partial charge in [0.25, 0.3) is 11.6 Å². The lowest BCUT2D eigenvalue weighted by Gasteiger charge is -2.16. The summed E-state index contributed by atoms with van der Waals surface area (Å²) in [4.78, 5) is 33.4. The van der Waals surface area contributed by atoms with E-state index in [9.17, 15) is 14.9 Å². The number of carbonyl (C=O) groups excluding carboxylic acids is 1. The molecular weight excluding hydrogens is 346 g/mol. The van der Waals surface area contributed by atoms with E-state index in [-0.39, 0.29) is 22.9 Å². The molecule has 1 N–H and O–H groups in total. The molecule has 25 heavy (non-hydrogen) atoms. The van der Waals surface area contributed by atoms with Crippen LogP contribution in [0.1, 0.15) is 28.9 Å². The van der Waals surface area contributed by atoms with E-state index in [1.165, 1.54) is 12.3 Å². The molecule has 1 aromatic heterocycles. The fourth-order valence-corrected chi connectivity index (χ4v) is 2.86. The maximum atomic E-state index is 12.4. The first kappa shape index (κ1) is 17.1. The summed E-state index contributed by atoms with van der Waals surface area (Å²) >= 11 is 6.05. The molecule has 9 heteroatoms. The summed E-state index contributed by atoms with van der Waals surface area (Å²) in [5.41, 5.74) is 0.428. The molecule has 2 heterocycles. The van der Waals surface area contributed by atoms with Crippen LogP contribution in [-0.2, 0) is 6.54 Å². The number of nitrogens with zero attached hydrogens (tertiary/aromatic N) is 4. The minimum absolute atomic E-state index is 0.00929. The first-order chi connectivity index (χ1) is 12.1. The molecule has 0 atom stereocenters. The van der Waals surface area contributed by atoms with Gasteiger partial charge in [-0.05, 0) is 12.8 Å². The summed E-state index contributed by atoms with van der Waals surface area (Å²) in [5.74, 6) is -0.0243. The number of nitro groups is 1.